The van der Waals surface area contributed by atoms with Crippen LogP contribution in [-0.4, -0.2) is 22.5 Å². The van der Waals surface area contributed by atoms with Crippen LogP contribution in [0.5, 0.6) is 0 Å². The van der Waals surface area contributed by atoms with Gasteiger partial charge in [-0.15, -0.1) is 0 Å². The molecule has 0 heterocycles. The van der Waals surface area contributed by atoms with Crippen LogP contribution in [0.1, 0.15) is 0 Å². The van der Waals surface area contributed by atoms with Gasteiger partial charge in [0.15, 0.2) is 0 Å². The Bertz CT molecular complexity index is 174. The fourth-order valence-electron chi connectivity index (χ4n) is 0.157. The Morgan fingerprint density at radius 3 is 1.75 bits per heavy atom. The number of aliphatic hydroxyl groups is 2. The number of carbonyl (C=O) groups is 1. The van der Waals surface area contributed by atoms with Gasteiger partial charge in [-0.25, -0.2) is 4.79 Å². The molecule has 0 aliphatic rings. The molecular weight excluding hydrogens is 213 g/mol. The first-order chi connectivity index (χ1) is 4.33. The predicted octanol–water partition coefficient (Wildman–Crippen LogP) is -9.32. The number of hydrogen-bond acceptors (Lipinski definition) is 7. The third-order valence-corrected chi connectivity index (χ3v) is 0.816. The topological polar surface area (TPSA) is 130 Å². The smallest absolute Gasteiger partial charge is 0.780 e. The maximum atomic E-state index is 9.86. The average Bonchev–Trinajstić information content (AvgIpc) is 1.60. The Morgan fingerprint density at radius 2 is 1.67 bits per heavy atom. The van der Waals surface area contributed by atoms with Gasteiger partial charge in [0, 0.05) is 0 Å². The quantitative estimate of drug-likeness (QED) is 0.266. The van der Waals surface area contributed by atoms with Gasteiger partial charge in [0.05, 0.1) is 0 Å². The summed E-state index contributed by atoms with van der Waals surface area (Å²) < 4.78 is 12.6. The van der Waals surface area contributed by atoms with E-state index in [-0.39, 0.29) is 59.1 Å². The summed E-state index contributed by atoms with van der Waals surface area (Å²) in [6, 6.07) is 0. The Labute approximate surface area is 112 Å². The van der Waals surface area contributed by atoms with Crippen molar-refractivity contribution in [3.63, 3.8) is 0 Å². The summed E-state index contributed by atoms with van der Waals surface area (Å²) in [5.74, 6) is -1.91. The maximum absolute atomic E-state index is 9.86. The summed E-state index contributed by atoms with van der Waals surface area (Å²) in [4.78, 5) is 29.0. The van der Waals surface area contributed by atoms with Crippen LogP contribution in [0.25, 0.3) is 0 Å². The normalized spacial score (nSPS) is 9.75. The molecule has 0 aliphatic carbocycles. The van der Waals surface area contributed by atoms with Gasteiger partial charge < -0.3 is 29.1 Å². The van der Waals surface area contributed by atoms with Gasteiger partial charge >= 0.3 is 65.1 Å². The van der Waals surface area contributed by atoms with Gasteiger partial charge in [0.1, 0.15) is 7.82 Å². The van der Waals surface area contributed by atoms with Gasteiger partial charge in [-0.2, -0.15) is 0 Å². The molecule has 2 N–H and O–H groups in total. The van der Waals surface area contributed by atoms with Crippen molar-refractivity contribution < 1.29 is 93.0 Å². The van der Waals surface area contributed by atoms with Crippen LogP contribution in [0, 0.1) is 0 Å². The second-order valence-corrected chi connectivity index (χ2v) is 2.31. The zero-order valence-corrected chi connectivity index (χ0v) is 11.4. The van der Waals surface area contributed by atoms with Crippen molar-refractivity contribution >= 4 is 13.8 Å². The van der Waals surface area contributed by atoms with Crippen LogP contribution in [-0.2, 0) is 13.9 Å². The first-order valence-electron chi connectivity index (χ1n) is 1.94. The Morgan fingerprint density at radius 1 is 1.33 bits per heavy atom. The Kier molecular flexibility index (Phi) is 12.6. The van der Waals surface area contributed by atoms with E-state index < -0.39 is 20.1 Å². The van der Waals surface area contributed by atoms with Crippen LogP contribution in [0.3, 0.4) is 0 Å². The molecule has 0 fully saturated rings. The van der Waals surface area contributed by atoms with Crippen molar-refractivity contribution in [3.05, 3.63) is 0 Å². The minimum Gasteiger partial charge on any atom is -0.780 e. The number of phosphoric ester groups is 1. The van der Waals surface area contributed by atoms with E-state index in [9.17, 15) is 19.1 Å². The van der Waals surface area contributed by atoms with E-state index in [4.69, 9.17) is 10.2 Å². The van der Waals surface area contributed by atoms with E-state index in [1.165, 1.54) is 0 Å². The largest absolute Gasteiger partial charge is 1.00 e. The van der Waals surface area contributed by atoms with Crippen LogP contribution in [0.2, 0.25) is 0 Å². The van der Waals surface area contributed by atoms with E-state index in [0.717, 1.165) is 0 Å². The van der Waals surface area contributed by atoms with Gasteiger partial charge in [-0.1, -0.05) is 0 Å². The average molecular weight is 216 g/mol. The summed E-state index contributed by atoms with van der Waals surface area (Å²) >= 11 is 0. The zero-order valence-electron chi connectivity index (χ0n) is 6.46. The summed E-state index contributed by atoms with van der Waals surface area (Å²) in [7, 11) is -5.45. The van der Waals surface area contributed by atoms with Crippen LogP contribution in [0.4, 0.5) is 0 Å². The van der Waals surface area contributed by atoms with Crippen LogP contribution >= 0.6 is 7.82 Å². The van der Waals surface area contributed by atoms with E-state index in [2.05, 4.69) is 4.52 Å². The first-order valence-corrected chi connectivity index (χ1v) is 3.40. The van der Waals surface area contributed by atoms with Gasteiger partial charge in [-0.3, -0.25) is 0 Å². The summed E-state index contributed by atoms with van der Waals surface area (Å²) in [6.45, 7) is 0. The van der Waals surface area contributed by atoms with E-state index in [1.54, 1.807) is 0 Å². The molecule has 10 heteroatoms. The molecule has 0 aromatic rings. The molecule has 60 valence electrons. The second-order valence-electron chi connectivity index (χ2n) is 1.23. The number of phosphoric acid groups is 1. The Hall–Kier alpha value is 1.54. The second kappa shape index (κ2) is 7.90. The molecule has 7 nitrogen and oxygen atoms in total. The molecule has 0 amide bonds. The monoisotopic (exact) mass is 216 g/mol. The van der Waals surface area contributed by atoms with Gasteiger partial charge in [0.2, 0.25) is 0 Å². The fourth-order valence-corrected chi connectivity index (χ4v) is 0.472. The van der Waals surface area contributed by atoms with Crippen LogP contribution < -0.4 is 68.9 Å². The molecule has 0 aromatic heterocycles. The zero-order chi connectivity index (χ0) is 8.36. The maximum Gasteiger partial charge on any atom is 1.00 e. The SMILES string of the molecule is O=C(OP(=O)([O-])[O-])C(O)O.[Na+].[Na+]. The molecule has 0 spiro atoms. The van der Waals surface area contributed by atoms with Gasteiger partial charge in [0.25, 0.3) is 6.29 Å². The predicted molar refractivity (Wildman–Crippen MR) is 21.9 cm³/mol. The molecule has 0 rings (SSSR count). The standard InChI is InChI=1S/C2H5O7P.2Na/c3-1(4)2(5)9-10(6,7)8;;/h1,3-4H,(H2,6,7,8);;/q;2*+1/p-2. The molecule has 0 saturated heterocycles. The number of aliphatic hydroxyl groups excluding tert-OH is 1. The number of carbonyl (C=O) groups excluding carboxylic acids is 1. The number of hydrogen-bond donors (Lipinski definition) is 2. The Balaban J connectivity index is -0.000000405. The van der Waals surface area contributed by atoms with Crippen molar-refractivity contribution in [3.8, 4) is 0 Å². The molecule has 0 aliphatic heterocycles. The minimum atomic E-state index is -5.45. The van der Waals surface area contributed by atoms with Crippen molar-refractivity contribution in [2.75, 3.05) is 0 Å². The van der Waals surface area contributed by atoms with Crippen LogP contribution in [0.15, 0.2) is 0 Å². The molecule has 0 unspecified atom stereocenters. The van der Waals surface area contributed by atoms with Crippen molar-refractivity contribution in [2.24, 2.45) is 0 Å². The molecule has 0 aromatic carbocycles. The molecule has 0 bridgehead atoms. The van der Waals surface area contributed by atoms with E-state index in [1.807, 2.05) is 0 Å². The minimum absolute atomic E-state index is 0. The van der Waals surface area contributed by atoms with Crippen molar-refractivity contribution in [1.82, 2.24) is 0 Å². The van der Waals surface area contributed by atoms with Gasteiger partial charge in [-0.05, 0) is 0 Å². The summed E-state index contributed by atoms with van der Waals surface area (Å²) in [5, 5.41) is 15.7. The fraction of sp³-hybridized carbons (Fsp3) is 0.500. The third kappa shape index (κ3) is 11.5. The molecule has 0 radical (unpaired) electrons. The molecule has 0 saturated carbocycles. The van der Waals surface area contributed by atoms with Crippen molar-refractivity contribution in [2.45, 2.75) is 6.29 Å². The number of rotatable bonds is 2. The summed E-state index contributed by atoms with van der Waals surface area (Å²) in [6.07, 6.45) is -2.60. The third-order valence-electron chi connectivity index (χ3n) is 0.413. The molecule has 0 atom stereocenters. The first kappa shape index (κ1) is 19.2. The van der Waals surface area contributed by atoms with Crippen molar-refractivity contribution in [1.29, 1.82) is 0 Å². The summed E-state index contributed by atoms with van der Waals surface area (Å²) in [5.41, 5.74) is 0. The molecular formula is C2H3Na2O7P. The van der Waals surface area contributed by atoms with E-state index >= 15 is 0 Å². The van der Waals surface area contributed by atoms with E-state index in [0.29, 0.717) is 0 Å². The molecule has 12 heavy (non-hydrogen) atoms.